The molecule has 0 heterocycles. The molecular weight excluding hydrogens is 627 g/mol. The molecule has 21 heavy (non-hydrogen) atoms. The maximum Gasteiger partial charge on any atom is 0.470 e. The van der Waals surface area contributed by atoms with Gasteiger partial charge in [0, 0.05) is 31.1 Å². The molecule has 10 heteroatoms. The Kier molecular flexibility index (Phi) is 11.0. The second-order valence-corrected chi connectivity index (χ2v) is 11.1. The summed E-state index contributed by atoms with van der Waals surface area (Å²) in [6.07, 6.45) is 0.939. The molecule has 128 valence electrons. The van der Waals surface area contributed by atoms with Gasteiger partial charge in [-0.05, 0) is 12.8 Å². The van der Waals surface area contributed by atoms with E-state index in [9.17, 15) is 14.4 Å². The molecule has 2 N–H and O–H groups in total. The zero-order valence-electron chi connectivity index (χ0n) is 11.7. The molecule has 0 fully saturated rings. The molecule has 0 radical (unpaired) electrons. The maximum absolute atomic E-state index is 11.6. The van der Waals surface area contributed by atoms with Gasteiger partial charge in [0.2, 0.25) is 0 Å². The Bertz CT molecular complexity index is 351. The summed E-state index contributed by atoms with van der Waals surface area (Å²) in [5.41, 5.74) is -1.46. The topological polar surface area (TPSA) is 66.8 Å². The van der Waals surface area contributed by atoms with Crippen molar-refractivity contribution in [2.75, 3.05) is 16.0 Å². The third-order valence-corrected chi connectivity index (χ3v) is 9.88. The van der Waals surface area contributed by atoms with Crippen molar-refractivity contribution in [2.45, 2.75) is 41.9 Å². The Balaban J connectivity index is 5.75. The minimum atomic E-state index is -4.62. The van der Waals surface area contributed by atoms with Gasteiger partial charge in [-0.15, -0.1) is 0 Å². The minimum absolute atomic E-state index is 0.0393. The molecule has 0 saturated carbocycles. The van der Waals surface area contributed by atoms with Gasteiger partial charge in [0.15, 0.2) is 0 Å². The number of hydrogen-bond acceptors (Lipinski definition) is 2. The predicted molar refractivity (Wildman–Crippen MR) is 106 cm³/mol. The van der Waals surface area contributed by atoms with Gasteiger partial charge in [-0.25, -0.2) is 4.57 Å². The van der Waals surface area contributed by atoms with E-state index < -0.39 is 18.8 Å². The normalized spacial score (nSPS) is 19.1. The van der Waals surface area contributed by atoms with Crippen LogP contribution in [0.2, 0.25) is 0 Å². The van der Waals surface area contributed by atoms with Crippen LogP contribution in [0.15, 0.2) is 0 Å². The van der Waals surface area contributed by atoms with E-state index in [1.165, 1.54) is 0 Å². The minimum Gasteiger partial charge on any atom is -0.303 e. The van der Waals surface area contributed by atoms with Gasteiger partial charge in [-0.2, -0.15) is 0 Å². The van der Waals surface area contributed by atoms with E-state index >= 15 is 0 Å². The SMILES string of the molecule is CC(C)(CBr)C(CC(Br)CBr)(CC(Br)CBr)OP(=O)(O)O. The highest BCUT2D eigenvalue weighted by Crippen LogP contribution is 2.54. The van der Waals surface area contributed by atoms with E-state index in [2.05, 4.69) is 79.6 Å². The first kappa shape index (κ1) is 23.5. The number of phosphoric acid groups is 1. The Labute approximate surface area is 168 Å². The monoisotopic (exact) mass is 642 g/mol. The molecule has 2 atom stereocenters. The number of alkyl halides is 5. The molecular formula is C11H20Br5O4P. The van der Waals surface area contributed by atoms with Crippen LogP contribution in [0, 0.1) is 5.41 Å². The van der Waals surface area contributed by atoms with Gasteiger partial charge < -0.3 is 9.79 Å². The Morgan fingerprint density at radius 3 is 1.67 bits per heavy atom. The number of halogens is 5. The third kappa shape index (κ3) is 7.95. The zero-order chi connectivity index (χ0) is 16.9. The second-order valence-electron chi connectivity index (χ2n) is 5.51. The molecule has 0 aliphatic rings. The maximum atomic E-state index is 11.6. The summed E-state index contributed by atoms with van der Waals surface area (Å²) < 4.78 is 16.9. The van der Waals surface area contributed by atoms with Crippen LogP contribution >= 0.6 is 87.5 Å². The number of rotatable bonds is 10. The smallest absolute Gasteiger partial charge is 0.303 e. The average Bonchev–Trinajstić information content (AvgIpc) is 2.35. The first-order valence-electron chi connectivity index (χ1n) is 6.15. The summed E-state index contributed by atoms with van der Waals surface area (Å²) in [4.78, 5) is 18.9. The molecule has 0 aromatic rings. The van der Waals surface area contributed by atoms with Crippen molar-refractivity contribution in [1.82, 2.24) is 0 Å². The van der Waals surface area contributed by atoms with Gasteiger partial charge in [0.05, 0.1) is 5.60 Å². The number of phosphoric ester groups is 1. The summed E-state index contributed by atoms with van der Waals surface area (Å²) in [6.45, 7) is 3.89. The van der Waals surface area contributed by atoms with Gasteiger partial charge in [-0.1, -0.05) is 93.5 Å². The van der Waals surface area contributed by atoms with Crippen LogP contribution in [-0.2, 0) is 9.09 Å². The van der Waals surface area contributed by atoms with E-state index in [0.717, 1.165) is 0 Å². The predicted octanol–water partition coefficient (Wildman–Crippen LogP) is 5.35. The first-order chi connectivity index (χ1) is 9.43. The lowest BCUT2D eigenvalue weighted by Gasteiger charge is -2.47. The highest BCUT2D eigenvalue weighted by atomic mass is 79.9. The van der Waals surface area contributed by atoms with Crippen LogP contribution in [-0.4, -0.2) is 41.0 Å². The summed E-state index contributed by atoms with van der Waals surface area (Å²) in [7, 11) is -4.62. The fraction of sp³-hybridized carbons (Fsp3) is 1.00. The summed E-state index contributed by atoms with van der Waals surface area (Å²) >= 11 is 17.3. The van der Waals surface area contributed by atoms with Crippen molar-refractivity contribution in [3.63, 3.8) is 0 Å². The largest absolute Gasteiger partial charge is 0.470 e. The third-order valence-electron chi connectivity index (χ3n) is 3.30. The van der Waals surface area contributed by atoms with Crippen LogP contribution < -0.4 is 0 Å². The van der Waals surface area contributed by atoms with Gasteiger partial charge in [-0.3, -0.25) is 4.52 Å². The molecule has 0 spiro atoms. The molecule has 0 aliphatic carbocycles. The van der Waals surface area contributed by atoms with E-state index in [-0.39, 0.29) is 9.65 Å². The van der Waals surface area contributed by atoms with Crippen LogP contribution in [0.3, 0.4) is 0 Å². The summed E-state index contributed by atoms with van der Waals surface area (Å²) in [6, 6.07) is 0. The molecule has 2 unspecified atom stereocenters. The Morgan fingerprint density at radius 1 is 1.05 bits per heavy atom. The average molecular weight is 647 g/mol. The molecule has 4 nitrogen and oxygen atoms in total. The van der Waals surface area contributed by atoms with Crippen LogP contribution in [0.1, 0.15) is 26.7 Å². The van der Waals surface area contributed by atoms with Gasteiger partial charge >= 0.3 is 7.82 Å². The van der Waals surface area contributed by atoms with Crippen LogP contribution in [0.4, 0.5) is 0 Å². The molecule has 0 amide bonds. The van der Waals surface area contributed by atoms with Crippen molar-refractivity contribution in [3.05, 3.63) is 0 Å². The van der Waals surface area contributed by atoms with Crippen molar-refractivity contribution < 1.29 is 18.9 Å². The molecule has 0 aliphatic heterocycles. The van der Waals surface area contributed by atoms with Crippen molar-refractivity contribution in [2.24, 2.45) is 5.41 Å². The standard InChI is InChI=1S/C11H20Br5O4P/c1-10(2,7-14)11(3-8(15)5-12,4-9(16)6-13)20-21(17,18)19/h8-9H,3-7H2,1-2H3,(H2,17,18,19). The quantitative estimate of drug-likeness (QED) is 0.248. The number of hydrogen-bond donors (Lipinski definition) is 2. The van der Waals surface area contributed by atoms with Crippen LogP contribution in [0.25, 0.3) is 0 Å². The fourth-order valence-corrected chi connectivity index (χ4v) is 4.87. The molecule has 0 bridgehead atoms. The summed E-state index contributed by atoms with van der Waals surface area (Å²) in [5, 5.41) is 1.89. The lowest BCUT2D eigenvalue weighted by atomic mass is 9.71. The fourth-order valence-electron chi connectivity index (χ4n) is 2.01. The van der Waals surface area contributed by atoms with E-state index in [1.54, 1.807) is 0 Å². The second kappa shape index (κ2) is 9.85. The van der Waals surface area contributed by atoms with E-state index in [0.29, 0.717) is 28.8 Å². The highest BCUT2D eigenvalue weighted by Gasteiger charge is 2.51. The van der Waals surface area contributed by atoms with Gasteiger partial charge in [0.25, 0.3) is 0 Å². The van der Waals surface area contributed by atoms with E-state index in [1.807, 2.05) is 13.8 Å². The molecule has 0 aromatic heterocycles. The Morgan fingerprint density at radius 2 is 1.43 bits per heavy atom. The first-order valence-corrected chi connectivity index (χ1v) is 12.9. The lowest BCUT2D eigenvalue weighted by Crippen LogP contribution is -2.51. The van der Waals surface area contributed by atoms with Crippen molar-refractivity contribution >= 4 is 87.5 Å². The zero-order valence-corrected chi connectivity index (χ0v) is 20.6. The molecule has 0 aromatic carbocycles. The van der Waals surface area contributed by atoms with E-state index in [4.69, 9.17) is 4.52 Å². The molecule has 0 rings (SSSR count). The van der Waals surface area contributed by atoms with Crippen molar-refractivity contribution in [1.29, 1.82) is 0 Å². The van der Waals surface area contributed by atoms with Gasteiger partial charge in [0.1, 0.15) is 0 Å². The van der Waals surface area contributed by atoms with Crippen LogP contribution in [0.5, 0.6) is 0 Å². The Hall–Kier alpha value is 2.51. The summed E-state index contributed by atoms with van der Waals surface area (Å²) in [5.74, 6) is 0. The molecule has 0 saturated heterocycles. The lowest BCUT2D eigenvalue weighted by molar-refractivity contribution is -0.0600. The highest BCUT2D eigenvalue weighted by molar-refractivity contribution is 9.12. The van der Waals surface area contributed by atoms with Crippen molar-refractivity contribution in [3.8, 4) is 0 Å².